The Balaban J connectivity index is 1.93. The molecule has 1 aromatic carbocycles. The van der Waals surface area contributed by atoms with Gasteiger partial charge in [0.05, 0.1) is 0 Å². The third kappa shape index (κ3) is 1.82. The molecular weight excluding hydrogens is 236 g/mol. The molecule has 3 N–H and O–H groups in total. The van der Waals surface area contributed by atoms with Crippen molar-refractivity contribution in [1.29, 1.82) is 0 Å². The number of thiophene rings is 1. The summed E-state index contributed by atoms with van der Waals surface area (Å²) in [5, 5.41) is 12.3. The summed E-state index contributed by atoms with van der Waals surface area (Å²) in [4.78, 5) is 10.9. The van der Waals surface area contributed by atoms with Crippen molar-refractivity contribution >= 4 is 27.4 Å². The van der Waals surface area contributed by atoms with Crippen LogP contribution in [0.3, 0.4) is 0 Å². The molecular formula is C12H12N2O2S. The van der Waals surface area contributed by atoms with Crippen LogP contribution in [0.2, 0.25) is 0 Å². The van der Waals surface area contributed by atoms with E-state index in [1.54, 1.807) is 11.3 Å². The molecule has 1 fully saturated rings. The Morgan fingerprint density at radius 2 is 2.18 bits per heavy atom. The molecule has 88 valence electrons. The van der Waals surface area contributed by atoms with Crippen LogP contribution in [0.15, 0.2) is 29.6 Å². The first kappa shape index (κ1) is 10.7. The number of fused-ring (bicyclic) bond motifs is 1. The summed E-state index contributed by atoms with van der Waals surface area (Å²) >= 11 is 1.70. The molecule has 2 heterocycles. The lowest BCUT2D eigenvalue weighted by Crippen LogP contribution is -2.36. The van der Waals surface area contributed by atoms with Crippen molar-refractivity contribution in [2.75, 3.05) is 0 Å². The van der Waals surface area contributed by atoms with E-state index in [-0.39, 0.29) is 6.04 Å². The monoisotopic (exact) mass is 248 g/mol. The van der Waals surface area contributed by atoms with Crippen LogP contribution in [0.5, 0.6) is 0 Å². The fourth-order valence-electron chi connectivity index (χ4n) is 2.19. The quantitative estimate of drug-likeness (QED) is 0.759. The molecule has 4 nitrogen and oxygen atoms in total. The lowest BCUT2D eigenvalue weighted by Gasteiger charge is -2.07. The highest BCUT2D eigenvalue weighted by molar-refractivity contribution is 7.17. The van der Waals surface area contributed by atoms with Gasteiger partial charge in [0, 0.05) is 10.7 Å². The average Bonchev–Trinajstić information content (AvgIpc) is 2.95. The number of rotatable bonds is 2. The van der Waals surface area contributed by atoms with Gasteiger partial charge in [-0.3, -0.25) is 4.79 Å². The molecule has 1 aliphatic rings. The van der Waals surface area contributed by atoms with Crippen LogP contribution in [0, 0.1) is 0 Å². The van der Waals surface area contributed by atoms with E-state index in [9.17, 15) is 4.79 Å². The Hall–Kier alpha value is -1.43. The van der Waals surface area contributed by atoms with Crippen molar-refractivity contribution in [2.45, 2.75) is 18.5 Å². The van der Waals surface area contributed by atoms with E-state index in [2.05, 4.69) is 28.4 Å². The largest absolute Gasteiger partial charge is 0.480 e. The maximum Gasteiger partial charge on any atom is 0.322 e. The lowest BCUT2D eigenvalue weighted by atomic mass is 10.0. The summed E-state index contributed by atoms with van der Waals surface area (Å²) in [6.07, 6.45) is 0.579. The zero-order valence-electron chi connectivity index (χ0n) is 9.01. The molecule has 2 aromatic rings. The normalized spacial score (nSPS) is 24.2. The van der Waals surface area contributed by atoms with Gasteiger partial charge >= 0.3 is 5.97 Å². The van der Waals surface area contributed by atoms with Gasteiger partial charge in [0.25, 0.3) is 0 Å². The number of hydrogen-bond acceptors (Lipinski definition) is 4. The summed E-state index contributed by atoms with van der Waals surface area (Å²) in [6.45, 7) is 0. The molecule has 1 aromatic heterocycles. The van der Waals surface area contributed by atoms with Gasteiger partial charge < -0.3 is 5.11 Å². The number of hydrogen-bond donors (Lipinski definition) is 3. The van der Waals surface area contributed by atoms with Crippen molar-refractivity contribution in [3.05, 3.63) is 35.2 Å². The number of nitrogens with one attached hydrogen (secondary N) is 2. The van der Waals surface area contributed by atoms with Crippen LogP contribution >= 0.6 is 11.3 Å². The van der Waals surface area contributed by atoms with Gasteiger partial charge in [-0.2, -0.15) is 0 Å². The first-order chi connectivity index (χ1) is 8.25. The molecule has 0 amide bonds. The second kappa shape index (κ2) is 4.10. The molecule has 0 spiro atoms. The van der Waals surface area contributed by atoms with E-state index < -0.39 is 12.0 Å². The van der Waals surface area contributed by atoms with Crippen molar-refractivity contribution < 1.29 is 9.90 Å². The highest BCUT2D eigenvalue weighted by Crippen LogP contribution is 2.33. The van der Waals surface area contributed by atoms with E-state index in [0.717, 1.165) is 0 Å². The Bertz CT molecular complexity index is 566. The predicted octanol–water partition coefficient (Wildman–Crippen LogP) is 1.89. The summed E-state index contributed by atoms with van der Waals surface area (Å²) in [7, 11) is 0. The average molecular weight is 248 g/mol. The van der Waals surface area contributed by atoms with Gasteiger partial charge in [-0.1, -0.05) is 18.2 Å². The van der Waals surface area contributed by atoms with Gasteiger partial charge in [-0.25, -0.2) is 10.9 Å². The smallest absolute Gasteiger partial charge is 0.322 e. The topological polar surface area (TPSA) is 61.4 Å². The second-order valence-electron chi connectivity index (χ2n) is 4.15. The van der Waals surface area contributed by atoms with Crippen LogP contribution in [0.25, 0.3) is 10.1 Å². The second-order valence-corrected chi connectivity index (χ2v) is 5.07. The molecule has 3 rings (SSSR count). The van der Waals surface area contributed by atoms with Gasteiger partial charge in [0.2, 0.25) is 0 Å². The molecule has 2 atom stereocenters. The number of hydrazine groups is 1. The Labute approximate surface area is 102 Å². The van der Waals surface area contributed by atoms with Gasteiger partial charge in [0.1, 0.15) is 6.04 Å². The molecule has 2 unspecified atom stereocenters. The van der Waals surface area contributed by atoms with E-state index in [4.69, 9.17) is 5.11 Å². The lowest BCUT2D eigenvalue weighted by molar-refractivity contribution is -0.139. The minimum Gasteiger partial charge on any atom is -0.480 e. The van der Waals surface area contributed by atoms with Crippen LogP contribution in [0.4, 0.5) is 0 Å². The van der Waals surface area contributed by atoms with Crippen LogP contribution in [-0.2, 0) is 4.79 Å². The maximum atomic E-state index is 10.9. The van der Waals surface area contributed by atoms with E-state index in [1.807, 2.05) is 12.1 Å². The third-order valence-electron chi connectivity index (χ3n) is 3.09. The van der Waals surface area contributed by atoms with E-state index in [1.165, 1.54) is 15.6 Å². The first-order valence-electron chi connectivity index (χ1n) is 5.45. The van der Waals surface area contributed by atoms with Gasteiger partial charge in [0.15, 0.2) is 0 Å². The molecule has 1 saturated heterocycles. The number of aliphatic carboxylic acids is 1. The molecule has 0 bridgehead atoms. The Morgan fingerprint density at radius 3 is 2.94 bits per heavy atom. The minimum absolute atomic E-state index is 0.0762. The summed E-state index contributed by atoms with van der Waals surface area (Å²) in [5.41, 5.74) is 7.05. The molecule has 17 heavy (non-hydrogen) atoms. The molecule has 1 aliphatic heterocycles. The third-order valence-corrected chi connectivity index (χ3v) is 4.07. The summed E-state index contributed by atoms with van der Waals surface area (Å²) in [5.74, 6) is -0.806. The number of carboxylic acid groups (broad SMARTS) is 1. The molecule has 5 heteroatoms. The zero-order valence-corrected chi connectivity index (χ0v) is 9.83. The summed E-state index contributed by atoms with van der Waals surface area (Å²) < 4.78 is 1.24. The highest BCUT2D eigenvalue weighted by Gasteiger charge is 2.30. The molecule has 0 aliphatic carbocycles. The summed E-state index contributed by atoms with van der Waals surface area (Å²) in [6, 6.07) is 7.77. The number of carbonyl (C=O) groups is 1. The van der Waals surface area contributed by atoms with Crippen molar-refractivity contribution in [2.24, 2.45) is 0 Å². The number of carboxylic acids is 1. The highest BCUT2D eigenvalue weighted by atomic mass is 32.1. The van der Waals surface area contributed by atoms with Crippen molar-refractivity contribution in [3.63, 3.8) is 0 Å². The Morgan fingerprint density at radius 1 is 1.35 bits per heavy atom. The maximum absolute atomic E-state index is 10.9. The van der Waals surface area contributed by atoms with E-state index in [0.29, 0.717) is 6.42 Å². The first-order valence-corrected chi connectivity index (χ1v) is 6.33. The minimum atomic E-state index is -0.806. The predicted molar refractivity (Wildman–Crippen MR) is 66.9 cm³/mol. The number of benzene rings is 1. The molecule has 0 radical (unpaired) electrons. The van der Waals surface area contributed by atoms with Crippen molar-refractivity contribution in [3.8, 4) is 0 Å². The Kier molecular flexibility index (Phi) is 2.58. The fourth-order valence-corrected chi connectivity index (χ4v) is 3.21. The van der Waals surface area contributed by atoms with Crippen LogP contribution in [0.1, 0.15) is 18.0 Å². The van der Waals surface area contributed by atoms with Gasteiger partial charge in [-0.15, -0.1) is 11.3 Å². The van der Waals surface area contributed by atoms with Crippen LogP contribution in [-0.4, -0.2) is 17.1 Å². The van der Waals surface area contributed by atoms with Crippen molar-refractivity contribution in [1.82, 2.24) is 10.9 Å². The fraction of sp³-hybridized carbons (Fsp3) is 0.250. The zero-order chi connectivity index (χ0) is 11.8. The standard InChI is InChI=1S/C12H12N2O2S/c15-12(16)10-5-9(13-14-10)8-6-17-11-4-2-1-3-7(8)11/h1-4,6,9-10,13-14H,5H2,(H,15,16). The van der Waals surface area contributed by atoms with Gasteiger partial charge in [-0.05, 0) is 28.8 Å². The SMILES string of the molecule is O=C(O)C1CC(c2csc3ccccc23)NN1. The van der Waals surface area contributed by atoms with E-state index >= 15 is 0 Å². The molecule has 0 saturated carbocycles. The van der Waals surface area contributed by atoms with Crippen LogP contribution < -0.4 is 10.9 Å².